The lowest BCUT2D eigenvalue weighted by Gasteiger charge is -2.49. The van der Waals surface area contributed by atoms with Crippen LogP contribution in [0.25, 0.3) is 0 Å². The van der Waals surface area contributed by atoms with Gasteiger partial charge < -0.3 is 21.0 Å². The number of oxime groups is 1. The van der Waals surface area contributed by atoms with E-state index in [4.69, 9.17) is 22.2 Å². The smallest absolute Gasteiger partial charge is 0.352 e. The number of nitrogens with one attached hydrogen (secondary N) is 1. The maximum Gasteiger partial charge on any atom is 0.352 e. The van der Waals surface area contributed by atoms with Crippen molar-refractivity contribution in [3.63, 3.8) is 0 Å². The van der Waals surface area contributed by atoms with Gasteiger partial charge in [-0.25, -0.2) is 14.3 Å². The number of β-lactam (4-membered cyclic amide) rings is 1. The Kier molecular flexibility index (Phi) is 6.54. The van der Waals surface area contributed by atoms with Crippen molar-refractivity contribution in [2.45, 2.75) is 18.0 Å². The summed E-state index contributed by atoms with van der Waals surface area (Å²) in [5.41, 5.74) is 5.98. The Labute approximate surface area is 200 Å². The van der Waals surface area contributed by atoms with E-state index < -0.39 is 29.2 Å². The molecule has 4 heterocycles. The molecule has 0 spiro atoms. The number of nitrogens with two attached hydrogens (primary N) is 1. The van der Waals surface area contributed by atoms with Gasteiger partial charge in [0.1, 0.15) is 34.3 Å². The van der Waals surface area contributed by atoms with E-state index in [9.17, 15) is 19.5 Å². The molecule has 2 aliphatic rings. The van der Waals surface area contributed by atoms with Crippen molar-refractivity contribution in [3.8, 4) is 0 Å². The summed E-state index contributed by atoms with van der Waals surface area (Å²) in [4.78, 5) is 47.7. The van der Waals surface area contributed by atoms with Crippen molar-refractivity contribution in [1.29, 1.82) is 0 Å². The monoisotopic (exact) mass is 509 g/mol. The van der Waals surface area contributed by atoms with E-state index >= 15 is 0 Å². The van der Waals surface area contributed by atoms with Crippen LogP contribution in [-0.2, 0) is 25.8 Å². The molecule has 0 aliphatic carbocycles. The molecule has 0 radical (unpaired) electrons. The van der Waals surface area contributed by atoms with E-state index in [1.165, 1.54) is 23.8 Å². The molecule has 2 amide bonds. The number of fused-ring (bicyclic) bond motifs is 1. The number of rotatable bonds is 7. The van der Waals surface area contributed by atoms with Gasteiger partial charge in [-0.15, -0.1) is 11.8 Å². The SMILES string of the molecule is CO/N=C(/C(=O)N[C@@H]1C(=O)N2C(C(=O)O)=C(C[n+]3ccccc3)CS[C@H]12)c1nc(N)sc1Cl. The van der Waals surface area contributed by atoms with E-state index in [-0.39, 0.29) is 26.6 Å². The third-order valence-corrected chi connectivity index (χ3v) is 7.33. The molecule has 2 aromatic rings. The summed E-state index contributed by atoms with van der Waals surface area (Å²) in [6.07, 6.45) is 3.63. The Balaban J connectivity index is 1.54. The minimum atomic E-state index is -1.20. The van der Waals surface area contributed by atoms with Crippen LogP contribution < -0.4 is 15.6 Å². The largest absolute Gasteiger partial charge is 0.477 e. The van der Waals surface area contributed by atoms with Crippen LogP contribution in [0.2, 0.25) is 4.34 Å². The van der Waals surface area contributed by atoms with Crippen LogP contribution >= 0.6 is 34.7 Å². The highest BCUT2D eigenvalue weighted by atomic mass is 35.5. The number of thiazole rings is 1. The zero-order valence-electron chi connectivity index (χ0n) is 17.1. The van der Waals surface area contributed by atoms with Gasteiger partial charge in [0.15, 0.2) is 29.8 Å². The van der Waals surface area contributed by atoms with Crippen LogP contribution in [0.4, 0.5) is 5.13 Å². The number of pyridine rings is 1. The van der Waals surface area contributed by atoms with Crippen LogP contribution in [0, 0.1) is 0 Å². The number of carboxylic acid groups (broad SMARTS) is 1. The normalized spacial score (nSPS) is 20.2. The van der Waals surface area contributed by atoms with Crippen molar-refractivity contribution in [1.82, 2.24) is 15.2 Å². The number of nitrogen functional groups attached to an aromatic ring is 1. The van der Waals surface area contributed by atoms with Crippen LogP contribution in [0.1, 0.15) is 5.69 Å². The number of hydrogen-bond donors (Lipinski definition) is 3. The molecule has 0 aromatic carbocycles. The molecular formula is C19H18ClN6O5S2+. The molecule has 0 unspecified atom stereocenters. The second-order valence-corrected chi connectivity index (χ2v) is 9.70. The molecule has 14 heteroatoms. The van der Waals surface area contributed by atoms with E-state index in [1.54, 1.807) is 0 Å². The highest BCUT2D eigenvalue weighted by Gasteiger charge is 2.54. The van der Waals surface area contributed by atoms with Crippen LogP contribution in [0.3, 0.4) is 0 Å². The number of anilines is 1. The Morgan fingerprint density at radius 3 is 2.76 bits per heavy atom. The molecular weight excluding hydrogens is 492 g/mol. The predicted octanol–water partition coefficient (Wildman–Crippen LogP) is 0.456. The summed E-state index contributed by atoms with van der Waals surface area (Å²) in [5.74, 6) is -2.09. The lowest BCUT2D eigenvalue weighted by Crippen LogP contribution is -2.71. The topological polar surface area (TPSA) is 151 Å². The van der Waals surface area contributed by atoms with Crippen molar-refractivity contribution < 1.29 is 28.9 Å². The molecule has 2 aromatic heterocycles. The van der Waals surface area contributed by atoms with Gasteiger partial charge in [0.25, 0.3) is 11.8 Å². The second kappa shape index (κ2) is 9.37. The first-order valence-corrected chi connectivity index (χ1v) is 11.7. The van der Waals surface area contributed by atoms with Crippen molar-refractivity contribution >= 4 is 63.3 Å². The first-order valence-electron chi connectivity index (χ1n) is 9.50. The van der Waals surface area contributed by atoms with Gasteiger partial charge in [0.2, 0.25) is 0 Å². The van der Waals surface area contributed by atoms with Gasteiger partial charge in [-0.2, -0.15) is 0 Å². The molecule has 1 saturated heterocycles. The Bertz CT molecular complexity index is 1180. The zero-order chi connectivity index (χ0) is 23.7. The molecule has 2 atom stereocenters. The summed E-state index contributed by atoms with van der Waals surface area (Å²) in [7, 11) is 1.25. The average Bonchev–Trinajstić information content (AvgIpc) is 3.13. The first kappa shape index (κ1) is 23.0. The molecule has 2 aliphatic heterocycles. The number of aliphatic carboxylic acids is 1. The minimum Gasteiger partial charge on any atom is -0.477 e. The Hall–Kier alpha value is -3.16. The number of carboxylic acids is 1. The molecule has 1 fully saturated rings. The summed E-state index contributed by atoms with van der Waals surface area (Å²) in [5, 5.41) is 15.6. The quantitative estimate of drug-likeness (QED) is 0.211. The average molecular weight is 510 g/mol. The van der Waals surface area contributed by atoms with Crippen molar-refractivity contribution in [2.75, 3.05) is 18.6 Å². The molecule has 11 nitrogen and oxygen atoms in total. The molecule has 0 bridgehead atoms. The molecule has 4 N–H and O–H groups in total. The van der Waals surface area contributed by atoms with E-state index in [0.29, 0.717) is 17.9 Å². The number of amides is 2. The standard InChI is InChI=1S/C19H17ClN6O5S2/c1-31-24-11(10-14(20)33-19(21)23-10)15(27)22-12-16(28)26-13(18(29)30)9(8-32-17(12)26)7-25-5-3-2-4-6-25/h2-6,12,17H,7-8H2,1H3,(H3-,21,22,23,27,29,30)/p+1/b24-11+/t12-,17-/m1/s1. The molecule has 33 heavy (non-hydrogen) atoms. The number of halogens is 1. The van der Waals surface area contributed by atoms with Gasteiger partial charge in [0.05, 0.1) is 0 Å². The number of carbonyl (C=O) groups excluding carboxylic acids is 2. The molecule has 172 valence electrons. The Morgan fingerprint density at radius 2 is 2.15 bits per heavy atom. The fraction of sp³-hybridized carbons (Fsp3) is 0.263. The summed E-state index contributed by atoms with van der Waals surface area (Å²) >= 11 is 8.42. The third-order valence-electron chi connectivity index (χ3n) is 4.91. The maximum absolute atomic E-state index is 12.9. The number of thioether (sulfide) groups is 1. The van der Waals surface area contributed by atoms with Gasteiger partial charge in [-0.1, -0.05) is 34.2 Å². The van der Waals surface area contributed by atoms with E-state index in [1.807, 2.05) is 35.2 Å². The van der Waals surface area contributed by atoms with Crippen LogP contribution in [0.5, 0.6) is 0 Å². The summed E-state index contributed by atoms with van der Waals surface area (Å²) in [6, 6.07) is 4.58. The van der Waals surface area contributed by atoms with Crippen molar-refractivity contribution in [2.24, 2.45) is 5.16 Å². The molecule has 4 rings (SSSR count). The lowest BCUT2D eigenvalue weighted by atomic mass is 10.0. The van der Waals surface area contributed by atoms with E-state index in [0.717, 1.165) is 11.3 Å². The highest BCUT2D eigenvalue weighted by molar-refractivity contribution is 8.00. The van der Waals surface area contributed by atoms with Gasteiger partial charge in [-0.3, -0.25) is 14.5 Å². The molecule has 0 saturated carbocycles. The zero-order valence-corrected chi connectivity index (χ0v) is 19.5. The first-order chi connectivity index (χ1) is 15.8. The number of hydrogen-bond acceptors (Lipinski definition) is 9. The fourth-order valence-electron chi connectivity index (χ4n) is 3.52. The van der Waals surface area contributed by atoms with E-state index in [2.05, 4.69) is 15.5 Å². The summed E-state index contributed by atoms with van der Waals surface area (Å²) in [6.45, 7) is 0.331. The number of carbonyl (C=O) groups is 3. The van der Waals surface area contributed by atoms with Gasteiger partial charge in [0, 0.05) is 23.5 Å². The highest BCUT2D eigenvalue weighted by Crippen LogP contribution is 2.40. The lowest BCUT2D eigenvalue weighted by molar-refractivity contribution is -0.689. The second-order valence-electron chi connectivity index (χ2n) is 6.96. The fourth-order valence-corrected chi connectivity index (χ4v) is 5.78. The summed E-state index contributed by atoms with van der Waals surface area (Å²) < 4.78 is 1.98. The maximum atomic E-state index is 12.9. The Morgan fingerprint density at radius 1 is 1.42 bits per heavy atom. The van der Waals surface area contributed by atoms with Crippen molar-refractivity contribution in [3.05, 3.63) is 51.9 Å². The van der Waals surface area contributed by atoms with Crippen LogP contribution in [0.15, 0.2) is 47.0 Å². The van der Waals surface area contributed by atoms with Gasteiger partial charge >= 0.3 is 5.97 Å². The van der Waals surface area contributed by atoms with Crippen LogP contribution in [-0.4, -0.2) is 62.8 Å². The number of aromatic nitrogens is 2. The minimum absolute atomic E-state index is 0.0340. The predicted molar refractivity (Wildman–Crippen MR) is 121 cm³/mol. The third kappa shape index (κ3) is 4.38. The van der Waals surface area contributed by atoms with Gasteiger partial charge in [-0.05, 0) is 0 Å². The number of nitrogens with zero attached hydrogens (tertiary/aromatic N) is 4.